The van der Waals surface area contributed by atoms with Gasteiger partial charge in [-0.15, -0.1) is 0 Å². The van der Waals surface area contributed by atoms with E-state index in [1.165, 1.54) is 24.5 Å². The lowest BCUT2D eigenvalue weighted by Crippen LogP contribution is -2.32. The van der Waals surface area contributed by atoms with Crippen LogP contribution in [0.5, 0.6) is 5.75 Å². The highest BCUT2D eigenvalue weighted by molar-refractivity contribution is 7.89. The van der Waals surface area contributed by atoms with Crippen molar-refractivity contribution in [1.29, 1.82) is 0 Å². The summed E-state index contributed by atoms with van der Waals surface area (Å²) in [5.41, 5.74) is 1.36. The molecule has 0 saturated carbocycles. The summed E-state index contributed by atoms with van der Waals surface area (Å²) < 4.78 is 37.4. The normalized spacial score (nSPS) is 11.3. The van der Waals surface area contributed by atoms with Gasteiger partial charge in [-0.1, -0.05) is 12.1 Å². The van der Waals surface area contributed by atoms with Gasteiger partial charge in [0, 0.05) is 11.8 Å². The SMILES string of the molecule is COc1ccc(/C=C/C(=O)NC(=S)Nc2ccc(S(=O)(=O)NCc3ccco3)cc2)cc1. The summed E-state index contributed by atoms with van der Waals surface area (Å²) in [6, 6.07) is 16.5. The van der Waals surface area contributed by atoms with Crippen LogP contribution in [-0.4, -0.2) is 26.5 Å². The number of rotatable bonds is 8. The monoisotopic (exact) mass is 471 g/mol. The number of sulfonamides is 1. The van der Waals surface area contributed by atoms with Gasteiger partial charge in [0.05, 0.1) is 24.8 Å². The number of furan rings is 1. The number of amides is 1. The lowest BCUT2D eigenvalue weighted by molar-refractivity contribution is -0.115. The summed E-state index contributed by atoms with van der Waals surface area (Å²) in [6.07, 6.45) is 4.48. The van der Waals surface area contributed by atoms with Crippen LogP contribution in [0.3, 0.4) is 0 Å². The Morgan fingerprint density at radius 2 is 1.81 bits per heavy atom. The first kappa shape index (κ1) is 23.2. The van der Waals surface area contributed by atoms with E-state index in [0.29, 0.717) is 11.4 Å². The third kappa shape index (κ3) is 6.77. The first-order valence-electron chi connectivity index (χ1n) is 9.42. The Morgan fingerprint density at radius 1 is 1.09 bits per heavy atom. The number of methoxy groups -OCH3 is 1. The van der Waals surface area contributed by atoms with Crippen LogP contribution in [0.2, 0.25) is 0 Å². The highest BCUT2D eigenvalue weighted by atomic mass is 32.2. The Hall–Kier alpha value is -3.47. The summed E-state index contributed by atoms with van der Waals surface area (Å²) in [5.74, 6) is 0.831. The molecule has 0 radical (unpaired) electrons. The molecule has 10 heteroatoms. The quantitative estimate of drug-likeness (QED) is 0.342. The highest BCUT2D eigenvalue weighted by Crippen LogP contribution is 2.15. The minimum absolute atomic E-state index is 0.0511. The second-order valence-corrected chi connectivity index (χ2v) is 8.65. The van der Waals surface area contributed by atoms with Crippen molar-refractivity contribution in [3.8, 4) is 5.75 Å². The molecule has 0 atom stereocenters. The number of ether oxygens (including phenoxy) is 1. The van der Waals surface area contributed by atoms with Crippen LogP contribution in [0.4, 0.5) is 5.69 Å². The molecule has 32 heavy (non-hydrogen) atoms. The van der Waals surface area contributed by atoms with E-state index in [1.54, 1.807) is 49.6 Å². The third-order valence-corrected chi connectivity index (χ3v) is 5.84. The number of carbonyl (C=O) groups is 1. The molecule has 1 heterocycles. The summed E-state index contributed by atoms with van der Waals surface area (Å²) in [6.45, 7) is 0.0511. The zero-order chi connectivity index (χ0) is 23.0. The molecule has 3 rings (SSSR count). The smallest absolute Gasteiger partial charge is 0.250 e. The fraction of sp³-hybridized carbons (Fsp3) is 0.0909. The Balaban J connectivity index is 1.51. The summed E-state index contributed by atoms with van der Waals surface area (Å²) in [5, 5.41) is 5.45. The lowest BCUT2D eigenvalue weighted by Gasteiger charge is -2.10. The van der Waals surface area contributed by atoms with Crippen molar-refractivity contribution in [3.63, 3.8) is 0 Å². The first-order valence-corrected chi connectivity index (χ1v) is 11.3. The van der Waals surface area contributed by atoms with E-state index < -0.39 is 15.9 Å². The molecule has 8 nitrogen and oxygen atoms in total. The van der Waals surface area contributed by atoms with Crippen molar-refractivity contribution in [2.75, 3.05) is 12.4 Å². The van der Waals surface area contributed by atoms with Crippen LogP contribution in [0.15, 0.2) is 82.3 Å². The van der Waals surface area contributed by atoms with Crippen LogP contribution in [0, 0.1) is 0 Å². The molecular formula is C22H21N3O5S2. The van der Waals surface area contributed by atoms with E-state index in [4.69, 9.17) is 21.4 Å². The molecule has 0 aliphatic heterocycles. The van der Waals surface area contributed by atoms with E-state index in [9.17, 15) is 13.2 Å². The topological polar surface area (TPSA) is 110 Å². The number of anilines is 1. The van der Waals surface area contributed by atoms with E-state index >= 15 is 0 Å². The number of nitrogens with one attached hydrogen (secondary N) is 3. The molecular weight excluding hydrogens is 450 g/mol. The Morgan fingerprint density at radius 3 is 2.44 bits per heavy atom. The number of hydrogen-bond donors (Lipinski definition) is 3. The summed E-state index contributed by atoms with van der Waals surface area (Å²) in [4.78, 5) is 12.1. The van der Waals surface area contributed by atoms with Crippen LogP contribution < -0.4 is 20.1 Å². The Labute approximate surface area is 191 Å². The van der Waals surface area contributed by atoms with Crippen molar-refractivity contribution in [3.05, 3.63) is 84.3 Å². The average Bonchev–Trinajstić information content (AvgIpc) is 3.31. The Bertz CT molecular complexity index is 1190. The maximum atomic E-state index is 12.4. The predicted molar refractivity (Wildman–Crippen MR) is 126 cm³/mol. The van der Waals surface area contributed by atoms with Gasteiger partial charge in [0.2, 0.25) is 15.9 Å². The van der Waals surface area contributed by atoms with Crippen LogP contribution >= 0.6 is 12.2 Å². The molecule has 2 aromatic carbocycles. The number of carbonyl (C=O) groups excluding carboxylic acids is 1. The fourth-order valence-corrected chi connectivity index (χ4v) is 3.79. The van der Waals surface area contributed by atoms with Gasteiger partial charge >= 0.3 is 0 Å². The average molecular weight is 472 g/mol. The standard InChI is InChI=1S/C22H21N3O5S2/c1-29-18-9-4-16(5-10-18)6-13-21(26)25-22(31)24-17-7-11-20(12-8-17)32(27,28)23-15-19-3-2-14-30-19/h2-14,23H,15H2,1H3,(H2,24,25,26,31)/b13-6+. The van der Waals surface area contributed by atoms with Gasteiger partial charge in [-0.25, -0.2) is 13.1 Å². The van der Waals surface area contributed by atoms with Gasteiger partial charge in [0.25, 0.3) is 0 Å². The molecule has 0 unspecified atom stereocenters. The predicted octanol–water partition coefficient (Wildman–Crippen LogP) is 3.29. The van der Waals surface area contributed by atoms with Crippen molar-refractivity contribution < 1.29 is 22.4 Å². The molecule has 1 aromatic heterocycles. The second-order valence-electron chi connectivity index (χ2n) is 6.48. The van der Waals surface area contributed by atoms with Crippen molar-refractivity contribution in [2.24, 2.45) is 0 Å². The molecule has 0 spiro atoms. The van der Waals surface area contributed by atoms with Gasteiger partial charge in [0.1, 0.15) is 11.5 Å². The van der Waals surface area contributed by atoms with E-state index in [-0.39, 0.29) is 16.6 Å². The number of thiocarbonyl (C=S) groups is 1. The van der Waals surface area contributed by atoms with Gasteiger partial charge in [-0.2, -0.15) is 0 Å². The number of hydrogen-bond acceptors (Lipinski definition) is 6. The van der Waals surface area contributed by atoms with Gasteiger partial charge in [-0.05, 0) is 72.4 Å². The molecule has 0 bridgehead atoms. The van der Waals surface area contributed by atoms with Crippen LogP contribution in [0.1, 0.15) is 11.3 Å². The molecule has 3 aromatic rings. The van der Waals surface area contributed by atoms with Crippen molar-refractivity contribution >= 4 is 45.0 Å². The third-order valence-electron chi connectivity index (χ3n) is 4.22. The minimum atomic E-state index is -3.70. The molecule has 1 amide bonds. The Kier molecular flexibility index (Phi) is 7.77. The van der Waals surface area contributed by atoms with Crippen molar-refractivity contribution in [2.45, 2.75) is 11.4 Å². The summed E-state index contributed by atoms with van der Waals surface area (Å²) >= 11 is 5.14. The zero-order valence-corrected chi connectivity index (χ0v) is 18.7. The van der Waals surface area contributed by atoms with Gasteiger partial charge in [-0.3, -0.25) is 10.1 Å². The molecule has 0 aliphatic carbocycles. The highest BCUT2D eigenvalue weighted by Gasteiger charge is 2.14. The first-order chi connectivity index (χ1) is 15.4. The summed E-state index contributed by atoms with van der Waals surface area (Å²) in [7, 11) is -2.11. The largest absolute Gasteiger partial charge is 0.497 e. The number of benzene rings is 2. The van der Waals surface area contributed by atoms with Gasteiger partial charge in [0.15, 0.2) is 5.11 Å². The van der Waals surface area contributed by atoms with Crippen molar-refractivity contribution in [1.82, 2.24) is 10.0 Å². The van der Waals surface area contributed by atoms with E-state index in [1.807, 2.05) is 12.1 Å². The van der Waals surface area contributed by atoms with E-state index in [2.05, 4.69) is 15.4 Å². The van der Waals surface area contributed by atoms with E-state index in [0.717, 1.165) is 11.3 Å². The van der Waals surface area contributed by atoms with Crippen LogP contribution in [-0.2, 0) is 21.4 Å². The molecule has 0 fully saturated rings. The molecule has 0 saturated heterocycles. The van der Waals surface area contributed by atoms with Crippen LogP contribution in [0.25, 0.3) is 6.08 Å². The molecule has 3 N–H and O–H groups in total. The second kappa shape index (κ2) is 10.7. The molecule has 166 valence electrons. The maximum Gasteiger partial charge on any atom is 0.250 e. The zero-order valence-electron chi connectivity index (χ0n) is 17.1. The van der Waals surface area contributed by atoms with Gasteiger partial charge < -0.3 is 14.5 Å². The fourth-order valence-electron chi connectivity index (χ4n) is 2.58. The minimum Gasteiger partial charge on any atom is -0.497 e. The lowest BCUT2D eigenvalue weighted by atomic mass is 10.2. The molecule has 0 aliphatic rings. The maximum absolute atomic E-state index is 12.4.